The minimum Gasteiger partial charge on any atom is -0.367 e. The van der Waals surface area contributed by atoms with Crippen molar-refractivity contribution in [2.24, 2.45) is 0 Å². The van der Waals surface area contributed by atoms with Crippen LogP contribution in [0.4, 0.5) is 5.69 Å². The van der Waals surface area contributed by atoms with Crippen LogP contribution >= 0.6 is 0 Å². The summed E-state index contributed by atoms with van der Waals surface area (Å²) in [5, 5.41) is 0. The van der Waals surface area contributed by atoms with E-state index in [-0.39, 0.29) is 0 Å². The molecule has 0 radical (unpaired) electrons. The van der Waals surface area contributed by atoms with Gasteiger partial charge >= 0.3 is 0 Å². The van der Waals surface area contributed by atoms with Gasteiger partial charge in [-0.25, -0.2) is 0 Å². The van der Waals surface area contributed by atoms with Gasteiger partial charge in [0.05, 0.1) is 0 Å². The molecule has 0 atom stereocenters. The highest BCUT2D eigenvalue weighted by Crippen LogP contribution is 2.32. The largest absolute Gasteiger partial charge is 0.367 e. The summed E-state index contributed by atoms with van der Waals surface area (Å²) in [4.78, 5) is 13.7. The van der Waals surface area contributed by atoms with Gasteiger partial charge in [-0.05, 0) is 61.3 Å². The molecule has 2 aliphatic rings. The van der Waals surface area contributed by atoms with Gasteiger partial charge in [-0.2, -0.15) is 0 Å². The number of nitrogens with zero attached hydrogens (tertiary/aromatic N) is 1. The number of benzene rings is 1. The fraction of sp³-hybridized carbons (Fsp3) is 0.476. The topological polar surface area (TPSA) is 20.3 Å². The smallest absolute Gasteiger partial charge is 0.150 e. The van der Waals surface area contributed by atoms with Crippen molar-refractivity contribution in [2.45, 2.75) is 51.9 Å². The Hall–Kier alpha value is -1.83. The highest BCUT2D eigenvalue weighted by molar-refractivity contribution is 5.78. The van der Waals surface area contributed by atoms with Gasteiger partial charge in [-0.1, -0.05) is 37.6 Å². The van der Waals surface area contributed by atoms with E-state index in [2.05, 4.69) is 36.1 Å². The Morgan fingerprint density at radius 3 is 2.78 bits per heavy atom. The Morgan fingerprint density at radius 2 is 2.00 bits per heavy atom. The minimum absolute atomic E-state index is 0.790. The van der Waals surface area contributed by atoms with Crippen molar-refractivity contribution in [3.63, 3.8) is 0 Å². The maximum Gasteiger partial charge on any atom is 0.150 e. The van der Waals surface area contributed by atoms with Crippen LogP contribution in [-0.4, -0.2) is 19.4 Å². The summed E-state index contributed by atoms with van der Waals surface area (Å²) in [5.74, 6) is 0. The first-order chi connectivity index (χ1) is 11.3. The average Bonchev–Trinajstić information content (AvgIpc) is 2.82. The van der Waals surface area contributed by atoms with Crippen molar-refractivity contribution in [3.8, 4) is 0 Å². The number of carbonyl (C=O) groups is 1. The van der Waals surface area contributed by atoms with Crippen LogP contribution in [0.15, 0.2) is 41.5 Å². The Morgan fingerprint density at radius 1 is 1.17 bits per heavy atom. The first-order valence-corrected chi connectivity index (χ1v) is 9.03. The van der Waals surface area contributed by atoms with Crippen molar-refractivity contribution in [1.82, 2.24) is 0 Å². The molecule has 1 aliphatic carbocycles. The van der Waals surface area contributed by atoms with Crippen molar-refractivity contribution in [1.29, 1.82) is 0 Å². The Kier molecular flexibility index (Phi) is 5.32. The number of aryl methyl sites for hydroxylation is 1. The van der Waals surface area contributed by atoms with Crippen LogP contribution in [0, 0.1) is 0 Å². The average molecular weight is 309 g/mol. The lowest BCUT2D eigenvalue weighted by Gasteiger charge is -2.27. The number of anilines is 1. The van der Waals surface area contributed by atoms with Crippen LogP contribution < -0.4 is 4.90 Å². The molecule has 23 heavy (non-hydrogen) atoms. The molecule has 0 N–H and O–H groups in total. The van der Waals surface area contributed by atoms with E-state index in [0.29, 0.717) is 0 Å². The molecule has 0 aromatic heterocycles. The Bertz CT molecular complexity index is 627. The Balaban J connectivity index is 1.90. The van der Waals surface area contributed by atoms with E-state index in [4.69, 9.17) is 0 Å². The standard InChI is InChI=1S/C21H27NO/c1-2-3-7-19-12-11-17(16-23)14-21(19)22-13-6-10-18-8-4-5-9-20(18)15-22/h8-9,11-12,14,16H,2-7,10,13,15H2,1H3. The van der Waals surface area contributed by atoms with E-state index >= 15 is 0 Å². The van der Waals surface area contributed by atoms with E-state index in [9.17, 15) is 4.79 Å². The lowest BCUT2D eigenvalue weighted by Crippen LogP contribution is -2.26. The highest BCUT2D eigenvalue weighted by atomic mass is 16.1. The zero-order chi connectivity index (χ0) is 16.1. The maximum atomic E-state index is 11.2. The zero-order valence-electron chi connectivity index (χ0n) is 14.2. The van der Waals surface area contributed by atoms with Gasteiger partial charge in [0.25, 0.3) is 0 Å². The van der Waals surface area contributed by atoms with Gasteiger partial charge in [0.2, 0.25) is 0 Å². The molecular weight excluding hydrogens is 282 g/mol. The quantitative estimate of drug-likeness (QED) is 0.706. The molecule has 0 spiro atoms. The van der Waals surface area contributed by atoms with Crippen LogP contribution in [0.25, 0.3) is 0 Å². The van der Waals surface area contributed by atoms with Gasteiger partial charge in [0, 0.05) is 24.3 Å². The maximum absolute atomic E-state index is 11.2. The first-order valence-electron chi connectivity index (χ1n) is 9.03. The summed E-state index contributed by atoms with van der Waals surface area (Å²) >= 11 is 0. The summed E-state index contributed by atoms with van der Waals surface area (Å²) in [6.07, 6.45) is 14.1. The molecule has 122 valence electrons. The van der Waals surface area contributed by atoms with Crippen molar-refractivity contribution >= 4 is 12.0 Å². The number of hydrogen-bond acceptors (Lipinski definition) is 2. The fourth-order valence-electron chi connectivity index (χ4n) is 3.68. The number of allylic oxidation sites excluding steroid dienone is 2. The van der Waals surface area contributed by atoms with Gasteiger partial charge in [-0.15, -0.1) is 0 Å². The molecule has 0 saturated carbocycles. The molecule has 0 unspecified atom stereocenters. The minimum atomic E-state index is 0.790. The second-order valence-corrected chi connectivity index (χ2v) is 6.67. The fourth-order valence-corrected chi connectivity index (χ4v) is 3.68. The van der Waals surface area contributed by atoms with Crippen LogP contribution in [0.5, 0.6) is 0 Å². The summed E-state index contributed by atoms with van der Waals surface area (Å²) in [7, 11) is 0. The van der Waals surface area contributed by atoms with Crippen molar-refractivity contribution in [3.05, 3.63) is 52.6 Å². The van der Waals surface area contributed by atoms with Crippen LogP contribution in [-0.2, 0) is 6.42 Å². The molecule has 1 aromatic rings. The third-order valence-corrected chi connectivity index (χ3v) is 4.98. The molecule has 2 nitrogen and oxygen atoms in total. The predicted molar refractivity (Wildman–Crippen MR) is 97.3 cm³/mol. The molecule has 1 aliphatic heterocycles. The molecule has 1 fully saturated rings. The molecule has 0 bridgehead atoms. The number of fused-ring (bicyclic) bond motifs is 1. The highest BCUT2D eigenvalue weighted by Gasteiger charge is 2.20. The number of rotatable bonds is 5. The van der Waals surface area contributed by atoms with Crippen LogP contribution in [0.3, 0.4) is 0 Å². The third-order valence-electron chi connectivity index (χ3n) is 4.98. The Labute approximate surface area is 139 Å². The summed E-state index contributed by atoms with van der Waals surface area (Å²) in [5.41, 5.74) is 6.52. The molecular formula is C21H27NO. The van der Waals surface area contributed by atoms with Crippen LogP contribution in [0.2, 0.25) is 0 Å². The molecule has 3 rings (SSSR count). The lowest BCUT2D eigenvalue weighted by molar-refractivity contribution is 0.112. The molecule has 1 aromatic carbocycles. The number of carbonyl (C=O) groups excluding carboxylic acids is 1. The molecule has 2 heteroatoms. The predicted octanol–water partition coefficient (Wildman–Crippen LogP) is 5.09. The summed E-state index contributed by atoms with van der Waals surface area (Å²) < 4.78 is 0. The first kappa shape index (κ1) is 16.0. The number of hydrogen-bond donors (Lipinski definition) is 0. The monoisotopic (exact) mass is 309 g/mol. The molecule has 1 saturated heterocycles. The van der Waals surface area contributed by atoms with Gasteiger partial charge < -0.3 is 4.90 Å². The molecule has 0 amide bonds. The lowest BCUT2D eigenvalue weighted by atomic mass is 9.95. The van der Waals surface area contributed by atoms with E-state index in [1.165, 1.54) is 55.3 Å². The van der Waals surface area contributed by atoms with E-state index in [1.807, 2.05) is 6.07 Å². The number of unbranched alkanes of at least 4 members (excludes halogenated alkanes) is 1. The molecule has 1 heterocycles. The zero-order valence-corrected chi connectivity index (χ0v) is 14.2. The number of aldehydes is 1. The summed E-state index contributed by atoms with van der Waals surface area (Å²) in [6, 6.07) is 6.21. The normalized spacial score (nSPS) is 17.9. The van der Waals surface area contributed by atoms with Crippen molar-refractivity contribution in [2.75, 3.05) is 18.0 Å². The van der Waals surface area contributed by atoms with E-state index in [1.54, 1.807) is 5.57 Å². The van der Waals surface area contributed by atoms with Gasteiger partial charge in [-0.3, -0.25) is 4.79 Å². The second-order valence-electron chi connectivity index (χ2n) is 6.67. The van der Waals surface area contributed by atoms with Gasteiger partial charge in [0.1, 0.15) is 6.29 Å². The third kappa shape index (κ3) is 3.74. The summed E-state index contributed by atoms with van der Waals surface area (Å²) in [6.45, 7) is 4.30. The van der Waals surface area contributed by atoms with Gasteiger partial charge in [0.15, 0.2) is 0 Å². The van der Waals surface area contributed by atoms with Crippen molar-refractivity contribution < 1.29 is 4.79 Å². The van der Waals surface area contributed by atoms with Crippen LogP contribution in [0.1, 0.15) is 61.4 Å². The van der Waals surface area contributed by atoms with E-state index in [0.717, 1.165) is 31.4 Å². The second kappa shape index (κ2) is 7.63. The SMILES string of the molecule is CCCCc1ccc(C=O)cc1N1CCCC2=CCCC=C2C1. The van der Waals surface area contributed by atoms with E-state index < -0.39 is 0 Å².